The SMILES string of the molecule is c1ccc(Nc2ccc3[nH]ccc3c2)cc1. The Kier molecular flexibility index (Phi) is 2.11. The summed E-state index contributed by atoms with van der Waals surface area (Å²) in [6.07, 6.45) is 1.96. The molecule has 2 nitrogen and oxygen atoms in total. The second kappa shape index (κ2) is 3.74. The number of nitrogens with one attached hydrogen (secondary N) is 2. The van der Waals surface area contributed by atoms with Crippen LogP contribution in [0, 0.1) is 0 Å². The van der Waals surface area contributed by atoms with Gasteiger partial charge >= 0.3 is 0 Å². The van der Waals surface area contributed by atoms with E-state index in [0.717, 1.165) is 11.4 Å². The molecule has 0 aliphatic carbocycles. The van der Waals surface area contributed by atoms with Gasteiger partial charge in [-0.3, -0.25) is 0 Å². The normalized spacial score (nSPS) is 10.5. The maximum Gasteiger partial charge on any atom is 0.0455 e. The summed E-state index contributed by atoms with van der Waals surface area (Å²) in [5.74, 6) is 0. The minimum atomic E-state index is 1.11. The van der Waals surface area contributed by atoms with E-state index in [2.05, 4.69) is 46.7 Å². The standard InChI is InChI=1S/C14H12N2/c1-2-4-12(5-3-1)16-13-6-7-14-11(10-13)8-9-15-14/h1-10,15-16H. The smallest absolute Gasteiger partial charge is 0.0455 e. The van der Waals surface area contributed by atoms with Gasteiger partial charge in [-0.05, 0) is 36.4 Å². The number of hydrogen-bond acceptors (Lipinski definition) is 1. The van der Waals surface area contributed by atoms with Crippen molar-refractivity contribution in [2.24, 2.45) is 0 Å². The Balaban J connectivity index is 1.94. The number of H-pyrrole nitrogens is 1. The van der Waals surface area contributed by atoms with E-state index in [1.165, 1.54) is 10.9 Å². The summed E-state index contributed by atoms with van der Waals surface area (Å²) in [5, 5.41) is 4.60. The van der Waals surface area contributed by atoms with Crippen LogP contribution >= 0.6 is 0 Å². The molecular formula is C14H12N2. The monoisotopic (exact) mass is 208 g/mol. The third kappa shape index (κ3) is 1.65. The number of para-hydroxylation sites is 1. The first kappa shape index (κ1) is 9.04. The zero-order valence-electron chi connectivity index (χ0n) is 8.77. The van der Waals surface area contributed by atoms with E-state index in [9.17, 15) is 0 Å². The van der Waals surface area contributed by atoms with Crippen LogP contribution in [0.15, 0.2) is 60.8 Å². The molecule has 1 aromatic heterocycles. The Hall–Kier alpha value is -2.22. The summed E-state index contributed by atoms with van der Waals surface area (Å²) in [6.45, 7) is 0. The van der Waals surface area contributed by atoms with Crippen molar-refractivity contribution in [1.29, 1.82) is 0 Å². The molecule has 0 unspecified atom stereocenters. The topological polar surface area (TPSA) is 27.8 Å². The lowest BCUT2D eigenvalue weighted by atomic mass is 10.2. The molecule has 2 N–H and O–H groups in total. The Morgan fingerprint density at radius 2 is 1.69 bits per heavy atom. The number of anilines is 2. The molecule has 0 aliphatic rings. The van der Waals surface area contributed by atoms with Crippen molar-refractivity contribution in [2.75, 3.05) is 5.32 Å². The van der Waals surface area contributed by atoms with E-state index < -0.39 is 0 Å². The second-order valence-electron chi connectivity index (χ2n) is 3.77. The Bertz CT molecular complexity index is 596. The third-order valence-corrected chi connectivity index (χ3v) is 2.62. The van der Waals surface area contributed by atoms with Crippen molar-refractivity contribution in [1.82, 2.24) is 4.98 Å². The highest BCUT2D eigenvalue weighted by Gasteiger charge is 1.97. The van der Waals surface area contributed by atoms with Crippen molar-refractivity contribution >= 4 is 22.3 Å². The fraction of sp³-hybridized carbons (Fsp3) is 0. The molecule has 0 fully saturated rings. The van der Waals surface area contributed by atoms with Crippen LogP contribution in [0.25, 0.3) is 10.9 Å². The van der Waals surface area contributed by atoms with Crippen LogP contribution in [-0.2, 0) is 0 Å². The van der Waals surface area contributed by atoms with Crippen LogP contribution in [0.1, 0.15) is 0 Å². The van der Waals surface area contributed by atoms with E-state index >= 15 is 0 Å². The number of fused-ring (bicyclic) bond motifs is 1. The number of benzene rings is 2. The van der Waals surface area contributed by atoms with Gasteiger partial charge < -0.3 is 10.3 Å². The van der Waals surface area contributed by atoms with Gasteiger partial charge in [-0.25, -0.2) is 0 Å². The minimum absolute atomic E-state index is 1.11. The third-order valence-electron chi connectivity index (χ3n) is 2.62. The van der Waals surface area contributed by atoms with Gasteiger partial charge in [-0.15, -0.1) is 0 Å². The largest absolute Gasteiger partial charge is 0.361 e. The zero-order valence-corrected chi connectivity index (χ0v) is 8.77. The van der Waals surface area contributed by atoms with Gasteiger partial charge in [0.1, 0.15) is 0 Å². The summed E-state index contributed by atoms with van der Waals surface area (Å²) in [5.41, 5.74) is 3.38. The lowest BCUT2D eigenvalue weighted by Crippen LogP contribution is -1.88. The highest BCUT2D eigenvalue weighted by Crippen LogP contribution is 2.21. The number of aromatic amines is 1. The van der Waals surface area contributed by atoms with Crippen LogP contribution < -0.4 is 5.32 Å². The first-order valence-corrected chi connectivity index (χ1v) is 5.31. The van der Waals surface area contributed by atoms with Gasteiger partial charge in [0, 0.05) is 28.5 Å². The fourth-order valence-corrected chi connectivity index (χ4v) is 1.82. The van der Waals surface area contributed by atoms with Crippen LogP contribution in [0.2, 0.25) is 0 Å². The van der Waals surface area contributed by atoms with Gasteiger partial charge in [-0.1, -0.05) is 18.2 Å². The average molecular weight is 208 g/mol. The molecule has 2 aromatic carbocycles. The molecule has 1 heterocycles. The molecular weight excluding hydrogens is 196 g/mol. The molecule has 0 radical (unpaired) electrons. The average Bonchev–Trinajstić information content (AvgIpc) is 2.77. The van der Waals surface area contributed by atoms with Gasteiger partial charge in [0.05, 0.1) is 0 Å². The predicted molar refractivity (Wildman–Crippen MR) is 68.0 cm³/mol. The maximum atomic E-state index is 3.37. The van der Waals surface area contributed by atoms with Crippen molar-refractivity contribution in [2.45, 2.75) is 0 Å². The van der Waals surface area contributed by atoms with Gasteiger partial charge in [0.2, 0.25) is 0 Å². The van der Waals surface area contributed by atoms with E-state index in [1.807, 2.05) is 24.4 Å². The summed E-state index contributed by atoms with van der Waals surface area (Å²) in [6, 6.07) is 18.5. The van der Waals surface area contributed by atoms with E-state index in [4.69, 9.17) is 0 Å². The Morgan fingerprint density at radius 1 is 0.812 bits per heavy atom. The molecule has 0 atom stereocenters. The van der Waals surface area contributed by atoms with Crippen molar-refractivity contribution in [3.63, 3.8) is 0 Å². The summed E-state index contributed by atoms with van der Waals surface area (Å²) in [4.78, 5) is 3.18. The second-order valence-corrected chi connectivity index (χ2v) is 3.77. The molecule has 0 amide bonds. The van der Waals surface area contributed by atoms with Crippen LogP contribution in [0.5, 0.6) is 0 Å². The molecule has 0 saturated carbocycles. The zero-order chi connectivity index (χ0) is 10.8. The molecule has 78 valence electrons. The molecule has 3 aromatic rings. The first-order chi connectivity index (χ1) is 7.92. The van der Waals surface area contributed by atoms with Gasteiger partial charge in [-0.2, -0.15) is 0 Å². The lowest BCUT2D eigenvalue weighted by molar-refractivity contribution is 1.47. The number of aromatic nitrogens is 1. The van der Waals surface area contributed by atoms with Gasteiger partial charge in [0.15, 0.2) is 0 Å². The van der Waals surface area contributed by atoms with Crippen LogP contribution in [0.3, 0.4) is 0 Å². The molecule has 0 saturated heterocycles. The van der Waals surface area contributed by atoms with Crippen molar-refractivity contribution in [3.05, 3.63) is 60.8 Å². The molecule has 0 spiro atoms. The summed E-state index contributed by atoms with van der Waals surface area (Å²) in [7, 11) is 0. The lowest BCUT2D eigenvalue weighted by Gasteiger charge is -2.05. The molecule has 2 heteroatoms. The fourth-order valence-electron chi connectivity index (χ4n) is 1.82. The quantitative estimate of drug-likeness (QED) is 0.656. The summed E-state index contributed by atoms with van der Waals surface area (Å²) >= 11 is 0. The molecule has 0 bridgehead atoms. The number of rotatable bonds is 2. The molecule has 0 aliphatic heterocycles. The summed E-state index contributed by atoms with van der Waals surface area (Å²) < 4.78 is 0. The Morgan fingerprint density at radius 3 is 2.56 bits per heavy atom. The van der Waals surface area contributed by atoms with E-state index in [-0.39, 0.29) is 0 Å². The Labute approximate surface area is 93.9 Å². The molecule has 3 rings (SSSR count). The minimum Gasteiger partial charge on any atom is -0.361 e. The van der Waals surface area contributed by atoms with Crippen molar-refractivity contribution < 1.29 is 0 Å². The predicted octanol–water partition coefficient (Wildman–Crippen LogP) is 3.91. The van der Waals surface area contributed by atoms with Crippen molar-refractivity contribution in [3.8, 4) is 0 Å². The van der Waals surface area contributed by atoms with Gasteiger partial charge in [0.25, 0.3) is 0 Å². The van der Waals surface area contributed by atoms with E-state index in [0.29, 0.717) is 0 Å². The highest BCUT2D eigenvalue weighted by atomic mass is 14.9. The maximum absolute atomic E-state index is 3.37. The van der Waals surface area contributed by atoms with Crippen LogP contribution in [-0.4, -0.2) is 4.98 Å². The highest BCUT2D eigenvalue weighted by molar-refractivity contribution is 5.83. The van der Waals surface area contributed by atoms with Crippen LogP contribution in [0.4, 0.5) is 11.4 Å². The van der Waals surface area contributed by atoms with E-state index in [1.54, 1.807) is 0 Å². The first-order valence-electron chi connectivity index (χ1n) is 5.31. The molecule has 16 heavy (non-hydrogen) atoms. The number of hydrogen-bond donors (Lipinski definition) is 2.